The van der Waals surface area contributed by atoms with Crippen molar-refractivity contribution < 1.29 is 23.5 Å². The molecule has 0 spiro atoms. The quantitative estimate of drug-likeness (QED) is 0.566. The molecule has 0 fully saturated rings. The summed E-state index contributed by atoms with van der Waals surface area (Å²) in [5, 5.41) is 0. The summed E-state index contributed by atoms with van der Waals surface area (Å²) >= 11 is 0. The molecule has 0 saturated carbocycles. The van der Waals surface area contributed by atoms with E-state index in [9.17, 15) is 14.3 Å². The summed E-state index contributed by atoms with van der Waals surface area (Å²) in [5.74, 6) is -0.716. The Hall–Kier alpha value is -0.380. The van der Waals surface area contributed by atoms with Crippen LogP contribution in [-0.4, -0.2) is 29.2 Å². The van der Waals surface area contributed by atoms with Gasteiger partial charge in [0.15, 0.2) is 0 Å². The van der Waals surface area contributed by atoms with E-state index in [1.54, 1.807) is 27.7 Å². The minimum Gasteiger partial charge on any atom is -0.462 e. The third kappa shape index (κ3) is 7.06. The van der Waals surface area contributed by atoms with Crippen LogP contribution < -0.4 is 0 Å². The molecule has 1 atom stereocenters. The minimum atomic E-state index is -3.84. The summed E-state index contributed by atoms with van der Waals surface area (Å²) in [6.07, 6.45) is -1.28. The smallest absolute Gasteiger partial charge is 0.339 e. The molecule has 6 heteroatoms. The molecule has 84 valence electrons. The molecule has 1 unspecified atom stereocenters. The van der Waals surface area contributed by atoms with Gasteiger partial charge in [-0.1, -0.05) is 0 Å². The van der Waals surface area contributed by atoms with Crippen molar-refractivity contribution in [1.82, 2.24) is 0 Å². The lowest BCUT2D eigenvalue weighted by Gasteiger charge is -2.15. The van der Waals surface area contributed by atoms with Crippen molar-refractivity contribution in [2.75, 3.05) is 6.16 Å². The lowest BCUT2D eigenvalue weighted by Crippen LogP contribution is -2.17. The first-order valence-corrected chi connectivity index (χ1v) is 6.19. The Bertz CT molecular complexity index is 236. The summed E-state index contributed by atoms with van der Waals surface area (Å²) in [6, 6.07) is 0. The fraction of sp³-hybridized carbons (Fsp3) is 0.875. The molecular formula is C8H17O5P. The van der Waals surface area contributed by atoms with Gasteiger partial charge in [0.1, 0.15) is 6.16 Å². The standard InChI is InChI=1S/C8H17O5P/c1-6(2)12-8(9)5-14(10,11)13-7(3)4/h6-7H,5H2,1-4H3,(H,10,11). The van der Waals surface area contributed by atoms with Crippen molar-refractivity contribution in [3.63, 3.8) is 0 Å². The van der Waals surface area contributed by atoms with E-state index in [2.05, 4.69) is 0 Å². The zero-order valence-electron chi connectivity index (χ0n) is 8.89. The molecule has 14 heavy (non-hydrogen) atoms. The maximum atomic E-state index is 11.2. The molecule has 0 radical (unpaired) electrons. The molecule has 0 aliphatic rings. The van der Waals surface area contributed by atoms with Crippen LogP contribution in [0.15, 0.2) is 0 Å². The summed E-state index contributed by atoms with van der Waals surface area (Å²) in [4.78, 5) is 20.2. The van der Waals surface area contributed by atoms with Gasteiger partial charge in [-0.15, -0.1) is 0 Å². The Labute approximate surface area is 83.9 Å². The highest BCUT2D eigenvalue weighted by Gasteiger charge is 2.26. The van der Waals surface area contributed by atoms with E-state index in [0.29, 0.717) is 0 Å². The van der Waals surface area contributed by atoms with Gasteiger partial charge in [0.2, 0.25) is 0 Å². The topological polar surface area (TPSA) is 72.8 Å². The van der Waals surface area contributed by atoms with Crippen LogP contribution in [0.25, 0.3) is 0 Å². The largest absolute Gasteiger partial charge is 0.462 e. The summed E-state index contributed by atoms with van der Waals surface area (Å²) in [6.45, 7) is 6.58. The van der Waals surface area contributed by atoms with Gasteiger partial charge in [-0.05, 0) is 27.7 Å². The lowest BCUT2D eigenvalue weighted by molar-refractivity contribution is -0.144. The molecule has 0 aromatic rings. The van der Waals surface area contributed by atoms with Crippen molar-refractivity contribution >= 4 is 13.6 Å². The fourth-order valence-corrected chi connectivity index (χ4v) is 1.96. The van der Waals surface area contributed by atoms with E-state index in [0.717, 1.165) is 0 Å². The molecule has 0 saturated heterocycles. The van der Waals surface area contributed by atoms with Gasteiger partial charge in [0.05, 0.1) is 12.2 Å². The first-order valence-electron chi connectivity index (χ1n) is 4.42. The minimum absolute atomic E-state index is 0.290. The average molecular weight is 224 g/mol. The number of ether oxygens (including phenoxy) is 1. The number of carbonyl (C=O) groups excluding carboxylic acids is 1. The summed E-state index contributed by atoms with van der Waals surface area (Å²) in [5.41, 5.74) is 0. The highest BCUT2D eigenvalue weighted by Crippen LogP contribution is 2.42. The molecule has 0 aromatic heterocycles. The number of hydrogen-bond donors (Lipinski definition) is 1. The Morgan fingerprint density at radius 2 is 1.79 bits per heavy atom. The Morgan fingerprint density at radius 3 is 2.14 bits per heavy atom. The van der Waals surface area contributed by atoms with Crippen LogP contribution in [0, 0.1) is 0 Å². The van der Waals surface area contributed by atoms with Crippen LogP contribution >= 0.6 is 7.60 Å². The number of hydrogen-bond acceptors (Lipinski definition) is 4. The molecule has 1 N–H and O–H groups in total. The summed E-state index contributed by atoms with van der Waals surface area (Å²) < 4.78 is 20.7. The van der Waals surface area contributed by atoms with Crippen LogP contribution in [0.2, 0.25) is 0 Å². The normalized spacial score (nSPS) is 15.6. The maximum Gasteiger partial charge on any atom is 0.339 e. The van der Waals surface area contributed by atoms with Crippen LogP contribution in [0.3, 0.4) is 0 Å². The molecule has 0 bridgehead atoms. The molecule has 0 rings (SSSR count). The van der Waals surface area contributed by atoms with Crippen molar-refractivity contribution in [3.05, 3.63) is 0 Å². The molecule has 0 heterocycles. The molecule has 5 nitrogen and oxygen atoms in total. The second kappa shape index (κ2) is 5.49. The van der Waals surface area contributed by atoms with E-state index in [-0.39, 0.29) is 6.10 Å². The third-order valence-electron chi connectivity index (χ3n) is 1.07. The van der Waals surface area contributed by atoms with Crippen LogP contribution in [-0.2, 0) is 18.6 Å². The Kier molecular flexibility index (Phi) is 5.34. The van der Waals surface area contributed by atoms with E-state index < -0.39 is 25.8 Å². The second-order valence-electron chi connectivity index (χ2n) is 3.49. The van der Waals surface area contributed by atoms with Gasteiger partial charge in [-0.25, -0.2) is 0 Å². The van der Waals surface area contributed by atoms with Gasteiger partial charge in [0.25, 0.3) is 0 Å². The van der Waals surface area contributed by atoms with Gasteiger partial charge >= 0.3 is 13.6 Å². The van der Waals surface area contributed by atoms with E-state index >= 15 is 0 Å². The number of esters is 1. The van der Waals surface area contributed by atoms with E-state index in [1.165, 1.54) is 0 Å². The first kappa shape index (κ1) is 13.6. The Morgan fingerprint density at radius 1 is 1.29 bits per heavy atom. The molecule has 0 amide bonds. The highest BCUT2D eigenvalue weighted by atomic mass is 31.2. The maximum absolute atomic E-state index is 11.2. The first-order chi connectivity index (χ1) is 6.23. The fourth-order valence-electron chi connectivity index (χ4n) is 0.830. The van der Waals surface area contributed by atoms with Crippen LogP contribution in [0.1, 0.15) is 27.7 Å². The van der Waals surface area contributed by atoms with Gasteiger partial charge in [-0.2, -0.15) is 0 Å². The van der Waals surface area contributed by atoms with Crippen molar-refractivity contribution in [2.24, 2.45) is 0 Å². The Balaban J connectivity index is 4.09. The molecular weight excluding hydrogens is 207 g/mol. The number of rotatable bonds is 5. The zero-order chi connectivity index (χ0) is 11.4. The SMILES string of the molecule is CC(C)OC(=O)CP(=O)(O)OC(C)C. The third-order valence-corrected chi connectivity index (χ3v) is 2.48. The van der Waals surface area contributed by atoms with E-state index in [1.807, 2.05) is 0 Å². The molecule has 0 aromatic carbocycles. The van der Waals surface area contributed by atoms with E-state index in [4.69, 9.17) is 9.26 Å². The second-order valence-corrected chi connectivity index (χ2v) is 5.29. The lowest BCUT2D eigenvalue weighted by atomic mass is 10.5. The zero-order valence-corrected chi connectivity index (χ0v) is 9.78. The van der Waals surface area contributed by atoms with Crippen molar-refractivity contribution in [3.8, 4) is 0 Å². The van der Waals surface area contributed by atoms with Crippen LogP contribution in [0.5, 0.6) is 0 Å². The van der Waals surface area contributed by atoms with Crippen molar-refractivity contribution in [2.45, 2.75) is 39.9 Å². The van der Waals surface area contributed by atoms with Crippen LogP contribution in [0.4, 0.5) is 0 Å². The van der Waals surface area contributed by atoms with Gasteiger partial charge in [-0.3, -0.25) is 9.36 Å². The average Bonchev–Trinajstić information content (AvgIpc) is 1.77. The highest BCUT2D eigenvalue weighted by molar-refractivity contribution is 7.53. The van der Waals surface area contributed by atoms with Gasteiger partial charge in [0, 0.05) is 0 Å². The monoisotopic (exact) mass is 224 g/mol. The van der Waals surface area contributed by atoms with Crippen molar-refractivity contribution in [1.29, 1.82) is 0 Å². The summed E-state index contributed by atoms with van der Waals surface area (Å²) in [7, 11) is -3.84. The predicted molar refractivity (Wildman–Crippen MR) is 52.1 cm³/mol. The predicted octanol–water partition coefficient (Wildman–Crippen LogP) is 1.55. The molecule has 0 aliphatic carbocycles. The van der Waals surface area contributed by atoms with Gasteiger partial charge < -0.3 is 14.2 Å². The number of carbonyl (C=O) groups is 1. The molecule has 0 aliphatic heterocycles.